The van der Waals surface area contributed by atoms with E-state index in [0.717, 1.165) is 11.3 Å². The SMILES string of the molecule is COc1cccc(CCC(=O)N2CCC(O)(c3cn[nH]n3)C2)c1. The largest absolute Gasteiger partial charge is 0.497 e. The lowest BCUT2D eigenvalue weighted by molar-refractivity contribution is -0.131. The molecule has 1 aromatic carbocycles. The quantitative estimate of drug-likeness (QED) is 0.854. The summed E-state index contributed by atoms with van der Waals surface area (Å²) in [4.78, 5) is 14.1. The van der Waals surface area contributed by atoms with Crippen molar-refractivity contribution >= 4 is 5.91 Å². The van der Waals surface area contributed by atoms with E-state index in [0.29, 0.717) is 31.5 Å². The maximum absolute atomic E-state index is 12.4. The van der Waals surface area contributed by atoms with Crippen molar-refractivity contribution in [2.75, 3.05) is 20.2 Å². The molecule has 0 aliphatic carbocycles. The fourth-order valence-electron chi connectivity index (χ4n) is 2.88. The predicted octanol–water partition coefficient (Wildman–Crippen LogP) is 0.866. The second-order valence-corrected chi connectivity index (χ2v) is 5.80. The first-order chi connectivity index (χ1) is 11.1. The normalized spacial score (nSPS) is 20.7. The molecule has 0 saturated carbocycles. The monoisotopic (exact) mass is 316 g/mol. The number of benzene rings is 1. The topological polar surface area (TPSA) is 91.3 Å². The Morgan fingerprint density at radius 1 is 1.52 bits per heavy atom. The van der Waals surface area contributed by atoms with Gasteiger partial charge in [0.1, 0.15) is 17.0 Å². The van der Waals surface area contributed by atoms with Crippen LogP contribution in [0, 0.1) is 0 Å². The molecule has 1 aromatic heterocycles. The van der Waals surface area contributed by atoms with E-state index in [1.807, 2.05) is 24.3 Å². The first kappa shape index (κ1) is 15.5. The Morgan fingerprint density at radius 3 is 3.13 bits per heavy atom. The van der Waals surface area contributed by atoms with Gasteiger partial charge in [0.15, 0.2) is 0 Å². The van der Waals surface area contributed by atoms with E-state index in [1.165, 1.54) is 6.20 Å². The van der Waals surface area contributed by atoms with Gasteiger partial charge in [-0.15, -0.1) is 0 Å². The Balaban J connectivity index is 1.57. The molecule has 7 heteroatoms. The number of nitrogens with zero attached hydrogens (tertiary/aromatic N) is 3. The molecule has 1 saturated heterocycles. The second-order valence-electron chi connectivity index (χ2n) is 5.80. The zero-order chi connectivity index (χ0) is 16.3. The summed E-state index contributed by atoms with van der Waals surface area (Å²) in [6, 6.07) is 7.70. The molecule has 1 atom stereocenters. The van der Waals surface area contributed by atoms with Crippen LogP contribution >= 0.6 is 0 Å². The van der Waals surface area contributed by atoms with E-state index in [9.17, 15) is 9.90 Å². The lowest BCUT2D eigenvalue weighted by Gasteiger charge is -2.21. The zero-order valence-electron chi connectivity index (χ0n) is 13.0. The van der Waals surface area contributed by atoms with Crippen LogP contribution in [-0.4, -0.2) is 51.5 Å². The molecule has 1 unspecified atom stereocenters. The van der Waals surface area contributed by atoms with Crippen LogP contribution in [-0.2, 0) is 16.8 Å². The van der Waals surface area contributed by atoms with Crippen molar-refractivity contribution in [3.05, 3.63) is 41.7 Å². The summed E-state index contributed by atoms with van der Waals surface area (Å²) in [6.45, 7) is 0.788. The highest BCUT2D eigenvalue weighted by molar-refractivity contribution is 5.77. The third-order valence-corrected chi connectivity index (χ3v) is 4.25. The van der Waals surface area contributed by atoms with Crippen LogP contribution in [0.1, 0.15) is 24.1 Å². The lowest BCUT2D eigenvalue weighted by Crippen LogP contribution is -2.34. The number of nitrogens with one attached hydrogen (secondary N) is 1. The van der Waals surface area contributed by atoms with E-state index in [2.05, 4.69) is 15.4 Å². The van der Waals surface area contributed by atoms with Gasteiger partial charge in [0.2, 0.25) is 5.91 Å². The number of aromatic nitrogens is 3. The highest BCUT2D eigenvalue weighted by Gasteiger charge is 2.41. The Bertz CT molecular complexity index is 674. The van der Waals surface area contributed by atoms with Gasteiger partial charge < -0.3 is 14.7 Å². The van der Waals surface area contributed by atoms with Gasteiger partial charge in [-0.25, -0.2) is 0 Å². The van der Waals surface area contributed by atoms with Crippen molar-refractivity contribution in [1.29, 1.82) is 0 Å². The van der Waals surface area contributed by atoms with E-state index in [4.69, 9.17) is 4.74 Å². The maximum atomic E-state index is 12.4. The van der Waals surface area contributed by atoms with Crippen molar-refractivity contribution in [2.45, 2.75) is 24.9 Å². The minimum atomic E-state index is -1.10. The van der Waals surface area contributed by atoms with Gasteiger partial charge in [0, 0.05) is 19.4 Å². The smallest absolute Gasteiger partial charge is 0.223 e. The van der Waals surface area contributed by atoms with Crippen LogP contribution in [0.25, 0.3) is 0 Å². The fourth-order valence-corrected chi connectivity index (χ4v) is 2.88. The van der Waals surface area contributed by atoms with E-state index >= 15 is 0 Å². The van der Waals surface area contributed by atoms with Crippen LogP contribution in [0.4, 0.5) is 0 Å². The highest BCUT2D eigenvalue weighted by atomic mass is 16.5. The number of hydrogen-bond donors (Lipinski definition) is 2. The van der Waals surface area contributed by atoms with Crippen LogP contribution < -0.4 is 4.74 Å². The van der Waals surface area contributed by atoms with E-state index in [1.54, 1.807) is 12.0 Å². The molecule has 2 heterocycles. The Hall–Kier alpha value is -2.41. The lowest BCUT2D eigenvalue weighted by atomic mass is 10.00. The number of H-pyrrole nitrogens is 1. The number of amides is 1. The third kappa shape index (κ3) is 3.34. The molecule has 0 spiro atoms. The highest BCUT2D eigenvalue weighted by Crippen LogP contribution is 2.30. The summed E-state index contributed by atoms with van der Waals surface area (Å²) >= 11 is 0. The van der Waals surface area contributed by atoms with Crippen molar-refractivity contribution in [1.82, 2.24) is 20.3 Å². The number of likely N-dealkylation sites (tertiary alicyclic amines) is 1. The number of aromatic amines is 1. The van der Waals surface area contributed by atoms with Gasteiger partial charge in [-0.1, -0.05) is 12.1 Å². The number of methoxy groups -OCH3 is 1. The van der Waals surface area contributed by atoms with Crippen LogP contribution in [0.5, 0.6) is 5.75 Å². The minimum absolute atomic E-state index is 0.0345. The van der Waals surface area contributed by atoms with Crippen molar-refractivity contribution in [3.8, 4) is 5.75 Å². The van der Waals surface area contributed by atoms with Gasteiger partial charge in [-0.05, 0) is 24.1 Å². The number of aliphatic hydroxyl groups is 1. The average Bonchev–Trinajstić information content (AvgIpc) is 3.23. The number of ether oxygens (including phenoxy) is 1. The molecular weight excluding hydrogens is 296 g/mol. The molecule has 122 valence electrons. The number of carbonyl (C=O) groups excluding carboxylic acids is 1. The number of hydrogen-bond acceptors (Lipinski definition) is 5. The molecule has 7 nitrogen and oxygen atoms in total. The van der Waals surface area contributed by atoms with Crippen LogP contribution in [0.3, 0.4) is 0 Å². The number of aryl methyl sites for hydroxylation is 1. The molecule has 2 aromatic rings. The molecule has 0 bridgehead atoms. The van der Waals surface area contributed by atoms with Crippen molar-refractivity contribution in [3.63, 3.8) is 0 Å². The molecule has 1 amide bonds. The molecular formula is C16H20N4O3. The molecule has 3 rings (SSSR count). The molecule has 1 aliphatic heterocycles. The second kappa shape index (κ2) is 6.37. The van der Waals surface area contributed by atoms with Gasteiger partial charge in [-0.3, -0.25) is 4.79 Å². The Kier molecular flexibility index (Phi) is 4.29. The molecule has 0 radical (unpaired) electrons. The Labute approximate surface area is 134 Å². The summed E-state index contributed by atoms with van der Waals surface area (Å²) in [5, 5.41) is 20.8. The summed E-state index contributed by atoms with van der Waals surface area (Å²) < 4.78 is 5.19. The number of rotatable bonds is 5. The van der Waals surface area contributed by atoms with E-state index < -0.39 is 5.60 Å². The third-order valence-electron chi connectivity index (χ3n) is 4.25. The molecule has 1 fully saturated rings. The fraction of sp³-hybridized carbons (Fsp3) is 0.438. The van der Waals surface area contributed by atoms with Crippen LogP contribution in [0.2, 0.25) is 0 Å². The average molecular weight is 316 g/mol. The van der Waals surface area contributed by atoms with Gasteiger partial charge in [-0.2, -0.15) is 15.4 Å². The summed E-state index contributed by atoms with van der Waals surface area (Å²) in [5.41, 5.74) is 0.447. The first-order valence-electron chi connectivity index (χ1n) is 7.60. The predicted molar refractivity (Wildman–Crippen MR) is 82.8 cm³/mol. The Morgan fingerprint density at radius 2 is 2.39 bits per heavy atom. The molecule has 2 N–H and O–H groups in total. The summed E-state index contributed by atoms with van der Waals surface area (Å²) in [6.07, 6.45) is 3.03. The number of β-amino-alcohol motifs (C(OH)–C–C–N with tert-alkyl or cyclic N) is 1. The number of carbonyl (C=O) groups is 1. The van der Waals surface area contributed by atoms with Gasteiger partial charge >= 0.3 is 0 Å². The standard InChI is InChI=1S/C16H20N4O3/c1-23-13-4-2-3-12(9-13)5-6-15(21)20-8-7-16(22,11-20)14-10-17-19-18-14/h2-4,9-10,22H,5-8,11H2,1H3,(H,17,18,19). The maximum Gasteiger partial charge on any atom is 0.223 e. The van der Waals surface area contributed by atoms with Gasteiger partial charge in [0.05, 0.1) is 19.9 Å². The first-order valence-corrected chi connectivity index (χ1v) is 7.60. The summed E-state index contributed by atoms with van der Waals surface area (Å²) in [7, 11) is 1.62. The molecule has 23 heavy (non-hydrogen) atoms. The van der Waals surface area contributed by atoms with Crippen molar-refractivity contribution in [2.24, 2.45) is 0 Å². The van der Waals surface area contributed by atoms with Gasteiger partial charge in [0.25, 0.3) is 0 Å². The van der Waals surface area contributed by atoms with Crippen LogP contribution in [0.15, 0.2) is 30.5 Å². The minimum Gasteiger partial charge on any atom is -0.497 e. The van der Waals surface area contributed by atoms with Crippen molar-refractivity contribution < 1.29 is 14.6 Å². The molecule has 1 aliphatic rings. The van der Waals surface area contributed by atoms with E-state index in [-0.39, 0.29) is 12.5 Å². The zero-order valence-corrected chi connectivity index (χ0v) is 13.0. The summed E-state index contributed by atoms with van der Waals surface area (Å²) in [5.74, 6) is 0.823.